The first-order chi connectivity index (χ1) is 12.7. The van der Waals surface area contributed by atoms with Gasteiger partial charge in [-0.3, -0.25) is 9.69 Å². The van der Waals surface area contributed by atoms with Crippen molar-refractivity contribution in [1.29, 1.82) is 5.26 Å². The quantitative estimate of drug-likeness (QED) is 0.871. The summed E-state index contributed by atoms with van der Waals surface area (Å²) in [6.07, 6.45) is 1.92. The van der Waals surface area contributed by atoms with Crippen LogP contribution >= 0.6 is 0 Å². The maximum Gasteiger partial charge on any atom is 0.251 e. The zero-order valence-electron chi connectivity index (χ0n) is 14.7. The third-order valence-corrected chi connectivity index (χ3v) is 4.59. The highest BCUT2D eigenvalue weighted by Gasteiger charge is 2.21. The van der Waals surface area contributed by atoms with Gasteiger partial charge in [0.15, 0.2) is 6.61 Å². The highest BCUT2D eigenvalue weighted by Crippen LogP contribution is 2.16. The number of nitrogens with one attached hydrogen (secondary N) is 1. The maximum absolute atomic E-state index is 12.4. The highest BCUT2D eigenvalue weighted by molar-refractivity contribution is 5.94. The van der Waals surface area contributed by atoms with E-state index in [1.165, 1.54) is 5.56 Å². The van der Waals surface area contributed by atoms with E-state index in [1.54, 1.807) is 24.3 Å². The first-order valence-corrected chi connectivity index (χ1v) is 8.91. The molecule has 134 valence electrons. The zero-order chi connectivity index (χ0) is 18.2. The number of carbonyl (C=O) groups is 1. The minimum Gasteiger partial charge on any atom is -0.479 e. The number of benzene rings is 2. The van der Waals surface area contributed by atoms with Gasteiger partial charge in [-0.05, 0) is 42.7 Å². The normalized spacial score (nSPS) is 15.2. The summed E-state index contributed by atoms with van der Waals surface area (Å²) in [4.78, 5) is 14.8. The molecule has 0 saturated carbocycles. The molecule has 0 radical (unpaired) electrons. The van der Waals surface area contributed by atoms with Crippen LogP contribution in [0.1, 0.15) is 28.8 Å². The number of nitrogens with zero attached hydrogens (tertiary/aromatic N) is 2. The molecule has 5 nitrogen and oxygen atoms in total. The van der Waals surface area contributed by atoms with E-state index >= 15 is 0 Å². The molecular formula is C21H23N3O2. The van der Waals surface area contributed by atoms with Gasteiger partial charge in [-0.25, -0.2) is 0 Å². The number of carbonyl (C=O) groups excluding carboxylic acids is 1. The van der Waals surface area contributed by atoms with Gasteiger partial charge in [-0.1, -0.05) is 30.3 Å². The van der Waals surface area contributed by atoms with E-state index in [9.17, 15) is 4.79 Å². The fourth-order valence-corrected chi connectivity index (χ4v) is 3.16. The second kappa shape index (κ2) is 9.02. The Hall–Kier alpha value is -2.84. The average molecular weight is 349 g/mol. The molecule has 1 N–H and O–H groups in total. The lowest BCUT2D eigenvalue weighted by Crippen LogP contribution is -2.44. The molecular weight excluding hydrogens is 326 g/mol. The van der Waals surface area contributed by atoms with Gasteiger partial charge in [0.2, 0.25) is 0 Å². The van der Waals surface area contributed by atoms with Crippen LogP contribution < -0.4 is 10.1 Å². The average Bonchev–Trinajstić information content (AvgIpc) is 2.69. The van der Waals surface area contributed by atoms with Crippen LogP contribution in [0.25, 0.3) is 0 Å². The molecule has 1 aliphatic heterocycles. The van der Waals surface area contributed by atoms with Crippen molar-refractivity contribution in [1.82, 2.24) is 10.2 Å². The van der Waals surface area contributed by atoms with Crippen LogP contribution in [-0.2, 0) is 6.54 Å². The fourth-order valence-electron chi connectivity index (χ4n) is 3.16. The molecule has 0 spiro atoms. The Morgan fingerprint density at radius 2 is 1.81 bits per heavy atom. The molecule has 0 aliphatic carbocycles. The van der Waals surface area contributed by atoms with E-state index < -0.39 is 0 Å². The molecule has 0 aromatic heterocycles. The van der Waals surface area contributed by atoms with Crippen molar-refractivity contribution in [2.45, 2.75) is 25.4 Å². The van der Waals surface area contributed by atoms with Crippen molar-refractivity contribution < 1.29 is 9.53 Å². The number of hydrogen-bond acceptors (Lipinski definition) is 4. The number of piperidine rings is 1. The Morgan fingerprint density at radius 1 is 1.12 bits per heavy atom. The largest absolute Gasteiger partial charge is 0.479 e. The number of nitriles is 1. The smallest absolute Gasteiger partial charge is 0.251 e. The van der Waals surface area contributed by atoms with Crippen molar-refractivity contribution >= 4 is 5.91 Å². The van der Waals surface area contributed by atoms with Gasteiger partial charge < -0.3 is 10.1 Å². The Morgan fingerprint density at radius 3 is 2.46 bits per heavy atom. The van der Waals surface area contributed by atoms with E-state index in [4.69, 9.17) is 10.00 Å². The van der Waals surface area contributed by atoms with Crippen molar-refractivity contribution in [2.75, 3.05) is 19.7 Å². The van der Waals surface area contributed by atoms with Crippen molar-refractivity contribution in [2.24, 2.45) is 0 Å². The van der Waals surface area contributed by atoms with Gasteiger partial charge >= 0.3 is 0 Å². The van der Waals surface area contributed by atoms with Crippen LogP contribution in [0.4, 0.5) is 0 Å². The summed E-state index contributed by atoms with van der Waals surface area (Å²) in [5.41, 5.74) is 1.94. The van der Waals surface area contributed by atoms with E-state index in [0.717, 1.165) is 32.5 Å². The standard InChI is InChI=1S/C21H23N3O2/c22-12-15-26-20-8-6-18(7-9-20)21(25)23-19-10-13-24(14-11-19)16-17-4-2-1-3-5-17/h1-9,19H,10-11,13-16H2,(H,23,25). The summed E-state index contributed by atoms with van der Waals surface area (Å²) in [6.45, 7) is 2.94. The molecule has 26 heavy (non-hydrogen) atoms. The monoisotopic (exact) mass is 349 g/mol. The molecule has 1 saturated heterocycles. The van der Waals surface area contributed by atoms with E-state index in [0.29, 0.717) is 11.3 Å². The minimum absolute atomic E-state index is 0.00704. The lowest BCUT2D eigenvalue weighted by atomic mass is 10.0. The van der Waals surface area contributed by atoms with Gasteiger partial charge in [0, 0.05) is 31.2 Å². The number of likely N-dealkylation sites (tertiary alicyclic amines) is 1. The molecule has 1 fully saturated rings. The lowest BCUT2D eigenvalue weighted by molar-refractivity contribution is 0.0909. The highest BCUT2D eigenvalue weighted by atomic mass is 16.5. The minimum atomic E-state index is -0.0571. The van der Waals surface area contributed by atoms with Crippen molar-refractivity contribution in [3.8, 4) is 11.8 Å². The molecule has 3 rings (SSSR count). The van der Waals surface area contributed by atoms with Crippen molar-refractivity contribution in [3.05, 3.63) is 65.7 Å². The van der Waals surface area contributed by atoms with Crippen LogP contribution in [-0.4, -0.2) is 36.5 Å². The summed E-state index contributed by atoms with van der Waals surface area (Å²) in [5, 5.41) is 11.6. The number of hydrogen-bond donors (Lipinski definition) is 1. The first kappa shape index (κ1) is 18.0. The predicted octanol–water partition coefficient (Wildman–Crippen LogP) is 2.98. The van der Waals surface area contributed by atoms with Gasteiger partial charge in [-0.15, -0.1) is 0 Å². The Bertz CT molecular complexity index is 745. The fraction of sp³-hybridized carbons (Fsp3) is 0.333. The van der Waals surface area contributed by atoms with Gasteiger partial charge in [-0.2, -0.15) is 5.26 Å². The van der Waals surface area contributed by atoms with Crippen LogP contribution in [0.3, 0.4) is 0 Å². The molecule has 2 aromatic rings. The zero-order valence-corrected chi connectivity index (χ0v) is 14.7. The van der Waals surface area contributed by atoms with E-state index in [-0.39, 0.29) is 18.6 Å². The summed E-state index contributed by atoms with van der Waals surface area (Å²) in [7, 11) is 0. The molecule has 1 heterocycles. The van der Waals surface area contributed by atoms with Gasteiger partial charge in [0.05, 0.1) is 0 Å². The van der Waals surface area contributed by atoms with Crippen LogP contribution in [0.2, 0.25) is 0 Å². The second-order valence-electron chi connectivity index (χ2n) is 6.48. The van der Waals surface area contributed by atoms with Gasteiger partial charge in [0.25, 0.3) is 5.91 Å². The molecule has 1 aliphatic rings. The topological polar surface area (TPSA) is 65.4 Å². The van der Waals surface area contributed by atoms with Crippen LogP contribution in [0.15, 0.2) is 54.6 Å². The van der Waals surface area contributed by atoms with Crippen LogP contribution in [0, 0.1) is 11.3 Å². The van der Waals surface area contributed by atoms with Gasteiger partial charge in [0.1, 0.15) is 11.8 Å². The van der Waals surface area contributed by atoms with E-state index in [2.05, 4.69) is 34.5 Å². The summed E-state index contributed by atoms with van der Waals surface area (Å²) in [5.74, 6) is 0.538. The maximum atomic E-state index is 12.4. The third-order valence-electron chi connectivity index (χ3n) is 4.59. The second-order valence-corrected chi connectivity index (χ2v) is 6.48. The molecule has 2 aromatic carbocycles. The van der Waals surface area contributed by atoms with Crippen LogP contribution in [0.5, 0.6) is 5.75 Å². The summed E-state index contributed by atoms with van der Waals surface area (Å²) in [6, 6.07) is 19.5. The molecule has 0 unspecified atom stereocenters. The SMILES string of the molecule is N#CCOc1ccc(C(=O)NC2CCN(Cc3ccccc3)CC2)cc1. The first-order valence-electron chi connectivity index (χ1n) is 8.91. The molecule has 1 amide bonds. The third kappa shape index (κ3) is 5.08. The molecule has 0 atom stereocenters. The summed E-state index contributed by atoms with van der Waals surface area (Å²) < 4.78 is 5.20. The summed E-state index contributed by atoms with van der Waals surface area (Å²) >= 11 is 0. The molecule has 5 heteroatoms. The molecule has 0 bridgehead atoms. The van der Waals surface area contributed by atoms with Crippen molar-refractivity contribution in [3.63, 3.8) is 0 Å². The lowest BCUT2D eigenvalue weighted by Gasteiger charge is -2.32. The number of amides is 1. The Labute approximate surface area is 154 Å². The Balaban J connectivity index is 1.45. The number of rotatable bonds is 6. The number of ether oxygens (including phenoxy) is 1. The van der Waals surface area contributed by atoms with E-state index in [1.807, 2.05) is 12.1 Å². The predicted molar refractivity (Wildman–Crippen MR) is 99.8 cm³/mol. The Kier molecular flexibility index (Phi) is 6.24.